The minimum Gasteiger partial charge on any atom is -0.493 e. The zero-order valence-corrected chi connectivity index (χ0v) is 17.9. The molecule has 1 aliphatic rings. The number of imidazole rings is 1. The lowest BCUT2D eigenvalue weighted by Crippen LogP contribution is -2.28. The van der Waals surface area contributed by atoms with E-state index in [4.69, 9.17) is 16.3 Å². The van der Waals surface area contributed by atoms with Crippen molar-refractivity contribution in [2.75, 3.05) is 32.8 Å². The molecule has 31 heavy (non-hydrogen) atoms. The van der Waals surface area contributed by atoms with Crippen LogP contribution >= 0.6 is 11.6 Å². The second kappa shape index (κ2) is 9.06. The highest BCUT2D eigenvalue weighted by atomic mass is 35.5. The van der Waals surface area contributed by atoms with E-state index in [2.05, 4.69) is 15.2 Å². The van der Waals surface area contributed by atoms with Gasteiger partial charge in [-0.1, -0.05) is 23.7 Å². The number of halogens is 4. The molecule has 166 valence electrons. The van der Waals surface area contributed by atoms with Crippen LogP contribution in [0.4, 0.5) is 13.2 Å². The van der Waals surface area contributed by atoms with Crippen LogP contribution in [0.3, 0.4) is 0 Å². The van der Waals surface area contributed by atoms with Crippen LogP contribution in [0.25, 0.3) is 16.9 Å². The highest BCUT2D eigenvalue weighted by Crippen LogP contribution is 2.37. The van der Waals surface area contributed by atoms with Gasteiger partial charge in [0.15, 0.2) is 5.65 Å². The summed E-state index contributed by atoms with van der Waals surface area (Å²) >= 11 is 6.27. The van der Waals surface area contributed by atoms with E-state index in [9.17, 15) is 13.2 Å². The first-order valence-corrected chi connectivity index (χ1v) is 10.7. The average Bonchev–Trinajstić information content (AvgIpc) is 2.90. The topological polar surface area (TPSA) is 41.8 Å². The number of aromatic nitrogens is 2. The molecule has 0 spiro atoms. The van der Waals surface area contributed by atoms with E-state index in [0.29, 0.717) is 35.9 Å². The van der Waals surface area contributed by atoms with Crippen molar-refractivity contribution in [3.05, 3.63) is 52.8 Å². The predicted molar refractivity (Wildman–Crippen MR) is 115 cm³/mol. The smallest absolute Gasteiger partial charge is 0.417 e. The van der Waals surface area contributed by atoms with E-state index in [-0.39, 0.29) is 5.02 Å². The minimum atomic E-state index is -4.50. The van der Waals surface area contributed by atoms with Crippen LogP contribution in [0.1, 0.15) is 24.6 Å². The first-order valence-electron chi connectivity index (χ1n) is 10.3. The normalized spacial score (nSPS) is 15.9. The molecule has 0 amide bonds. The molecule has 1 aromatic carbocycles. The maximum Gasteiger partial charge on any atom is 0.417 e. The molecule has 2 aromatic heterocycles. The van der Waals surface area contributed by atoms with Crippen LogP contribution in [0.2, 0.25) is 5.02 Å². The van der Waals surface area contributed by atoms with Gasteiger partial charge in [-0.15, -0.1) is 0 Å². The molecule has 0 aliphatic carbocycles. The molecule has 3 heterocycles. The Bertz CT molecular complexity index is 1060. The van der Waals surface area contributed by atoms with Crippen LogP contribution in [0, 0.1) is 0 Å². The molecule has 0 saturated carbocycles. The van der Waals surface area contributed by atoms with Gasteiger partial charge < -0.3 is 14.5 Å². The van der Waals surface area contributed by atoms with Gasteiger partial charge in [0.2, 0.25) is 0 Å². The third-order valence-electron chi connectivity index (χ3n) is 5.35. The van der Waals surface area contributed by atoms with Gasteiger partial charge in [-0.3, -0.25) is 4.90 Å². The summed E-state index contributed by atoms with van der Waals surface area (Å²) in [7, 11) is 0. The number of hydrogen-bond donors (Lipinski definition) is 1. The van der Waals surface area contributed by atoms with E-state index in [0.717, 1.165) is 50.4 Å². The predicted octanol–water partition coefficient (Wildman–Crippen LogP) is 4.87. The van der Waals surface area contributed by atoms with Gasteiger partial charge in [0.25, 0.3) is 0 Å². The van der Waals surface area contributed by atoms with Gasteiger partial charge in [-0.2, -0.15) is 13.2 Å². The van der Waals surface area contributed by atoms with Crippen LogP contribution < -0.4 is 10.1 Å². The zero-order chi connectivity index (χ0) is 22.0. The quantitative estimate of drug-likeness (QED) is 0.600. The second-order valence-electron chi connectivity index (χ2n) is 7.48. The summed E-state index contributed by atoms with van der Waals surface area (Å²) in [6.45, 7) is 6.21. The first-order chi connectivity index (χ1) is 14.9. The Balaban J connectivity index is 1.91. The van der Waals surface area contributed by atoms with Gasteiger partial charge >= 0.3 is 6.18 Å². The van der Waals surface area contributed by atoms with Crippen LogP contribution in [0.15, 0.2) is 36.5 Å². The van der Waals surface area contributed by atoms with Crippen molar-refractivity contribution < 1.29 is 17.9 Å². The van der Waals surface area contributed by atoms with Crippen molar-refractivity contribution in [3.63, 3.8) is 0 Å². The molecular formula is C22H24ClF3N4O. The van der Waals surface area contributed by atoms with Crippen molar-refractivity contribution in [1.82, 2.24) is 19.6 Å². The van der Waals surface area contributed by atoms with Gasteiger partial charge in [0, 0.05) is 31.4 Å². The summed E-state index contributed by atoms with van der Waals surface area (Å²) in [6, 6.07) is 8.37. The van der Waals surface area contributed by atoms with Gasteiger partial charge in [-0.25, -0.2) is 4.98 Å². The maximum atomic E-state index is 13.5. The summed E-state index contributed by atoms with van der Waals surface area (Å²) in [5, 5.41) is 3.32. The second-order valence-corrected chi connectivity index (χ2v) is 7.89. The Morgan fingerprint density at radius 3 is 2.77 bits per heavy atom. The third-order valence-corrected chi connectivity index (χ3v) is 5.63. The Kier molecular flexibility index (Phi) is 6.41. The summed E-state index contributed by atoms with van der Waals surface area (Å²) in [5.41, 5.74) is 1.49. The average molecular weight is 453 g/mol. The molecule has 1 N–H and O–H groups in total. The molecule has 1 saturated heterocycles. The number of nitrogens with zero attached hydrogens (tertiary/aromatic N) is 3. The summed E-state index contributed by atoms with van der Waals surface area (Å²) < 4.78 is 47.8. The molecule has 3 aromatic rings. The molecule has 1 fully saturated rings. The van der Waals surface area contributed by atoms with Crippen molar-refractivity contribution in [2.45, 2.75) is 26.1 Å². The lowest BCUT2D eigenvalue weighted by atomic mass is 10.1. The van der Waals surface area contributed by atoms with E-state index >= 15 is 0 Å². The number of para-hydroxylation sites is 1. The standard InChI is InChI=1S/C22H24ClF3N4O/c1-2-31-19-7-4-3-6-16(19)20-18(14-29-10-5-8-27-9-11-29)30-13-15(22(24,25)26)12-17(23)21(30)28-20/h3-4,6-7,12-13,27H,2,5,8-11,14H2,1H3. The highest BCUT2D eigenvalue weighted by Gasteiger charge is 2.33. The molecule has 0 atom stereocenters. The fourth-order valence-corrected chi connectivity index (χ4v) is 4.14. The lowest BCUT2D eigenvalue weighted by Gasteiger charge is -2.20. The fourth-order valence-electron chi connectivity index (χ4n) is 3.89. The number of pyridine rings is 1. The number of hydrogen-bond acceptors (Lipinski definition) is 4. The Morgan fingerprint density at radius 1 is 1.19 bits per heavy atom. The Hall–Kier alpha value is -2.29. The third kappa shape index (κ3) is 4.66. The van der Waals surface area contributed by atoms with Crippen LogP contribution in [-0.4, -0.2) is 47.1 Å². The number of alkyl halides is 3. The number of benzene rings is 1. The maximum absolute atomic E-state index is 13.5. The highest BCUT2D eigenvalue weighted by molar-refractivity contribution is 6.33. The van der Waals surface area contributed by atoms with Crippen molar-refractivity contribution in [2.24, 2.45) is 0 Å². The van der Waals surface area contributed by atoms with Crippen molar-refractivity contribution in [3.8, 4) is 17.0 Å². The molecular weight excluding hydrogens is 429 g/mol. The number of ether oxygens (including phenoxy) is 1. The molecule has 0 unspecified atom stereocenters. The van der Waals surface area contributed by atoms with E-state index < -0.39 is 11.7 Å². The number of rotatable bonds is 5. The van der Waals surface area contributed by atoms with Crippen molar-refractivity contribution >= 4 is 17.2 Å². The van der Waals surface area contributed by atoms with E-state index in [1.54, 1.807) is 0 Å². The molecule has 1 aliphatic heterocycles. The van der Waals surface area contributed by atoms with E-state index in [1.807, 2.05) is 31.2 Å². The number of fused-ring (bicyclic) bond motifs is 1. The van der Waals surface area contributed by atoms with Crippen LogP contribution in [0.5, 0.6) is 5.75 Å². The molecule has 9 heteroatoms. The fraction of sp³-hybridized carbons (Fsp3) is 0.409. The number of nitrogens with one attached hydrogen (secondary N) is 1. The molecule has 0 radical (unpaired) electrons. The minimum absolute atomic E-state index is 0.0336. The van der Waals surface area contributed by atoms with Gasteiger partial charge in [0.1, 0.15) is 5.75 Å². The van der Waals surface area contributed by atoms with Gasteiger partial charge in [-0.05, 0) is 44.6 Å². The van der Waals surface area contributed by atoms with Crippen LogP contribution in [-0.2, 0) is 12.7 Å². The summed E-state index contributed by atoms with van der Waals surface area (Å²) in [5.74, 6) is 0.638. The molecule has 5 nitrogen and oxygen atoms in total. The van der Waals surface area contributed by atoms with E-state index in [1.165, 1.54) is 4.40 Å². The largest absolute Gasteiger partial charge is 0.493 e. The van der Waals surface area contributed by atoms with Crippen molar-refractivity contribution in [1.29, 1.82) is 0 Å². The summed E-state index contributed by atoms with van der Waals surface area (Å²) in [4.78, 5) is 6.91. The molecule has 0 bridgehead atoms. The zero-order valence-electron chi connectivity index (χ0n) is 17.2. The molecule has 4 rings (SSSR count). The Morgan fingerprint density at radius 2 is 2.00 bits per heavy atom. The SMILES string of the molecule is CCOc1ccccc1-c1nc2c(Cl)cc(C(F)(F)F)cn2c1CN1CCCNCC1. The summed E-state index contributed by atoms with van der Waals surface area (Å²) in [6.07, 6.45) is -2.45. The first kappa shape index (κ1) is 21.9. The lowest BCUT2D eigenvalue weighted by molar-refractivity contribution is -0.137. The monoisotopic (exact) mass is 452 g/mol. The van der Waals surface area contributed by atoms with Gasteiger partial charge in [0.05, 0.1) is 28.6 Å². The Labute approximate surface area is 183 Å².